The summed E-state index contributed by atoms with van der Waals surface area (Å²) < 4.78 is 12.5. The van der Waals surface area contributed by atoms with Crippen molar-refractivity contribution in [1.29, 1.82) is 0 Å². The normalized spacial score (nSPS) is 9.08. The molecule has 1 rings (SSSR count). The predicted octanol–water partition coefficient (Wildman–Crippen LogP) is -0.791. The van der Waals surface area contributed by atoms with E-state index in [-0.39, 0.29) is 52.8 Å². The summed E-state index contributed by atoms with van der Waals surface area (Å²) in [6.07, 6.45) is 0. The molecule has 0 bridgehead atoms. The molecule has 0 fully saturated rings. The molecule has 0 saturated heterocycles. The Kier molecular flexibility index (Phi) is 5.34. The van der Waals surface area contributed by atoms with Crippen LogP contribution >= 0.6 is 11.6 Å². The number of hydrogen-bond donors (Lipinski definition) is 1. The number of nitro benzene ring substituents is 1. The second kappa shape index (κ2) is 5.23. The van der Waals surface area contributed by atoms with Crippen LogP contribution in [0, 0.1) is 15.9 Å². The topological polar surface area (TPSA) is 63.4 Å². The smallest absolute Gasteiger partial charge is 1.00 e. The molecule has 0 aromatic heterocycles. The largest absolute Gasteiger partial charge is 1.00 e. The molecule has 0 heterocycles. The number of nitro groups is 1. The van der Waals surface area contributed by atoms with Crippen LogP contribution in [0.4, 0.5) is 10.1 Å². The minimum Gasteiger partial charge on any atom is -1.00 e. The standard InChI is InChI=1S/C6H3ClFNO3.K.H/c7-5-3(8)1-2-4(6(5)10)9(11)12;;/h1-2,10H;;/q;+1;-1. The molecule has 0 spiro atoms. The van der Waals surface area contributed by atoms with Crippen LogP contribution in [0.2, 0.25) is 5.02 Å². The van der Waals surface area contributed by atoms with Crippen molar-refractivity contribution in [3.05, 3.63) is 33.1 Å². The fourth-order valence-corrected chi connectivity index (χ4v) is 0.837. The van der Waals surface area contributed by atoms with E-state index in [0.717, 1.165) is 12.1 Å². The molecule has 1 aromatic carbocycles. The van der Waals surface area contributed by atoms with Gasteiger partial charge in [-0.1, -0.05) is 11.6 Å². The first-order valence-corrected chi connectivity index (χ1v) is 3.23. The van der Waals surface area contributed by atoms with Crippen molar-refractivity contribution in [2.75, 3.05) is 0 Å². The molecule has 0 saturated carbocycles. The van der Waals surface area contributed by atoms with E-state index in [0.29, 0.717) is 0 Å². The predicted molar refractivity (Wildman–Crippen MR) is 40.8 cm³/mol. The van der Waals surface area contributed by atoms with Gasteiger partial charge in [0.15, 0.2) is 0 Å². The average molecular weight is 232 g/mol. The van der Waals surface area contributed by atoms with Crippen molar-refractivity contribution in [3.63, 3.8) is 0 Å². The fourth-order valence-electron chi connectivity index (χ4n) is 0.677. The van der Waals surface area contributed by atoms with Gasteiger partial charge in [0.25, 0.3) is 0 Å². The van der Waals surface area contributed by atoms with Gasteiger partial charge in [-0.05, 0) is 6.07 Å². The van der Waals surface area contributed by atoms with E-state index < -0.39 is 27.2 Å². The summed E-state index contributed by atoms with van der Waals surface area (Å²) in [5, 5.41) is 18.4. The molecule has 0 atom stereocenters. The summed E-state index contributed by atoms with van der Waals surface area (Å²) >= 11 is 5.20. The molecule has 0 aliphatic heterocycles. The minimum atomic E-state index is -0.889. The summed E-state index contributed by atoms with van der Waals surface area (Å²) in [7, 11) is 0. The maximum absolute atomic E-state index is 12.5. The second-order valence-electron chi connectivity index (χ2n) is 1.99. The van der Waals surface area contributed by atoms with Gasteiger partial charge in [0.2, 0.25) is 5.75 Å². The van der Waals surface area contributed by atoms with Gasteiger partial charge in [-0.3, -0.25) is 10.1 Å². The first-order valence-electron chi connectivity index (χ1n) is 2.85. The Morgan fingerprint density at radius 2 is 2.15 bits per heavy atom. The van der Waals surface area contributed by atoms with Gasteiger partial charge in [-0.15, -0.1) is 0 Å². The number of halogens is 2. The van der Waals surface area contributed by atoms with E-state index in [1.807, 2.05) is 0 Å². The Morgan fingerprint density at radius 1 is 1.62 bits per heavy atom. The third-order valence-electron chi connectivity index (χ3n) is 1.24. The third kappa shape index (κ3) is 2.86. The summed E-state index contributed by atoms with van der Waals surface area (Å²) in [5.41, 5.74) is -0.610. The van der Waals surface area contributed by atoms with Crippen molar-refractivity contribution in [3.8, 4) is 5.75 Å². The molecule has 13 heavy (non-hydrogen) atoms. The van der Waals surface area contributed by atoms with Crippen LogP contribution in [-0.2, 0) is 0 Å². The Labute approximate surface area is 122 Å². The van der Waals surface area contributed by atoms with Crippen LogP contribution in [-0.4, -0.2) is 10.0 Å². The van der Waals surface area contributed by atoms with Crippen LogP contribution < -0.4 is 51.4 Å². The number of benzene rings is 1. The Balaban J connectivity index is 0. The van der Waals surface area contributed by atoms with Crippen LogP contribution in [0.3, 0.4) is 0 Å². The molecule has 0 aliphatic carbocycles. The molecule has 0 aliphatic rings. The Hall–Kier alpha value is 0.276. The second-order valence-corrected chi connectivity index (χ2v) is 2.36. The van der Waals surface area contributed by atoms with E-state index in [4.69, 9.17) is 16.7 Å². The number of nitrogens with zero attached hydrogens (tertiary/aromatic N) is 1. The molecule has 7 heteroatoms. The molecular weight excluding hydrogens is 228 g/mol. The first kappa shape index (κ1) is 13.3. The van der Waals surface area contributed by atoms with E-state index in [9.17, 15) is 14.5 Å². The average Bonchev–Trinajstić information content (AvgIpc) is 2.00. The van der Waals surface area contributed by atoms with E-state index in [1.165, 1.54) is 0 Å². The van der Waals surface area contributed by atoms with Crippen molar-refractivity contribution < 1.29 is 67.2 Å². The van der Waals surface area contributed by atoms with E-state index >= 15 is 0 Å². The van der Waals surface area contributed by atoms with Crippen molar-refractivity contribution in [2.45, 2.75) is 0 Å². The van der Waals surface area contributed by atoms with Gasteiger partial charge < -0.3 is 6.53 Å². The van der Waals surface area contributed by atoms with Crippen LogP contribution in [0.25, 0.3) is 0 Å². The molecule has 0 unspecified atom stereocenters. The van der Waals surface area contributed by atoms with Crippen LogP contribution in [0.15, 0.2) is 12.1 Å². The minimum absolute atomic E-state index is 0. The van der Waals surface area contributed by atoms with Gasteiger partial charge in [-0.25, -0.2) is 4.39 Å². The number of phenolic OH excluding ortho intramolecular Hbond substituents is 1. The summed E-state index contributed by atoms with van der Waals surface area (Å²) in [4.78, 5) is 9.30. The molecule has 66 valence electrons. The van der Waals surface area contributed by atoms with Crippen molar-refractivity contribution in [2.24, 2.45) is 0 Å². The van der Waals surface area contributed by atoms with Gasteiger partial charge in [0.1, 0.15) is 10.8 Å². The zero-order valence-corrected chi connectivity index (χ0v) is 10.5. The van der Waals surface area contributed by atoms with Crippen LogP contribution in [0.5, 0.6) is 5.75 Å². The van der Waals surface area contributed by atoms with Gasteiger partial charge in [0.05, 0.1) is 4.92 Å². The van der Waals surface area contributed by atoms with Gasteiger partial charge in [-0.2, -0.15) is 0 Å². The van der Waals surface area contributed by atoms with Crippen molar-refractivity contribution in [1.82, 2.24) is 0 Å². The van der Waals surface area contributed by atoms with Gasteiger partial charge >= 0.3 is 57.1 Å². The number of phenols is 1. The SMILES string of the molecule is O=[N+]([O-])c1ccc(F)c(Cl)c1O.[H-].[K+]. The van der Waals surface area contributed by atoms with Crippen molar-refractivity contribution >= 4 is 17.3 Å². The fraction of sp³-hybridized carbons (Fsp3) is 0. The summed E-state index contributed by atoms with van der Waals surface area (Å²) in [5.74, 6) is -1.73. The maximum atomic E-state index is 12.5. The molecule has 4 nitrogen and oxygen atoms in total. The zero-order valence-electron chi connectivity index (χ0n) is 7.62. The van der Waals surface area contributed by atoms with E-state index in [1.54, 1.807) is 0 Å². The number of aromatic hydroxyl groups is 1. The Morgan fingerprint density at radius 3 is 2.62 bits per heavy atom. The van der Waals surface area contributed by atoms with Gasteiger partial charge in [0, 0.05) is 6.07 Å². The molecular formula is C6H4ClFKNO3. The first-order chi connectivity index (χ1) is 5.54. The molecule has 1 aromatic rings. The van der Waals surface area contributed by atoms with Crippen LogP contribution in [0.1, 0.15) is 1.43 Å². The maximum Gasteiger partial charge on any atom is 1.00 e. The molecule has 0 radical (unpaired) electrons. The molecule has 0 amide bonds. The number of hydrogen-bond acceptors (Lipinski definition) is 3. The number of rotatable bonds is 1. The summed E-state index contributed by atoms with van der Waals surface area (Å²) in [6, 6.07) is 1.66. The molecule has 1 N–H and O–H groups in total. The quantitative estimate of drug-likeness (QED) is 0.391. The zero-order chi connectivity index (χ0) is 9.30. The third-order valence-corrected chi connectivity index (χ3v) is 1.60. The monoisotopic (exact) mass is 231 g/mol. The Bertz CT molecular complexity index is 352. The summed E-state index contributed by atoms with van der Waals surface area (Å²) in [6.45, 7) is 0. The van der Waals surface area contributed by atoms with E-state index in [2.05, 4.69) is 0 Å².